The van der Waals surface area contributed by atoms with Crippen molar-refractivity contribution in [3.05, 3.63) is 28.2 Å². The summed E-state index contributed by atoms with van der Waals surface area (Å²) in [5.74, 6) is 0.508. The molecule has 0 radical (unpaired) electrons. The maximum absolute atomic E-state index is 12.5. The van der Waals surface area contributed by atoms with E-state index in [4.69, 9.17) is 0 Å². The van der Waals surface area contributed by atoms with Crippen LogP contribution in [0.3, 0.4) is 0 Å². The normalized spacial score (nSPS) is 21.5. The first-order chi connectivity index (χ1) is 9.97. The highest BCUT2D eigenvalue weighted by molar-refractivity contribution is 9.10. The third kappa shape index (κ3) is 4.52. The van der Waals surface area contributed by atoms with E-state index < -0.39 is 10.0 Å². The molecule has 0 aliphatic heterocycles. The quantitative estimate of drug-likeness (QED) is 0.734. The van der Waals surface area contributed by atoms with E-state index in [2.05, 4.69) is 32.9 Å². The van der Waals surface area contributed by atoms with Crippen LogP contribution in [0, 0.1) is 5.92 Å². The molecule has 0 spiro atoms. The van der Waals surface area contributed by atoms with Crippen LogP contribution >= 0.6 is 15.9 Å². The van der Waals surface area contributed by atoms with E-state index in [-0.39, 0.29) is 6.04 Å². The average molecular weight is 375 g/mol. The Labute approximate surface area is 135 Å². The van der Waals surface area contributed by atoms with Crippen molar-refractivity contribution in [2.45, 2.75) is 50.6 Å². The summed E-state index contributed by atoms with van der Waals surface area (Å²) < 4.78 is 28.5. The van der Waals surface area contributed by atoms with Crippen molar-refractivity contribution in [1.82, 2.24) is 10.0 Å². The van der Waals surface area contributed by atoms with Crippen LogP contribution in [0.5, 0.6) is 0 Å². The van der Waals surface area contributed by atoms with Crippen molar-refractivity contribution < 1.29 is 8.42 Å². The molecular weight excluding hydrogens is 352 g/mol. The van der Waals surface area contributed by atoms with Crippen molar-refractivity contribution >= 4 is 26.0 Å². The molecule has 1 fully saturated rings. The van der Waals surface area contributed by atoms with Gasteiger partial charge < -0.3 is 5.32 Å². The molecule has 1 aromatic rings. The summed E-state index contributed by atoms with van der Waals surface area (Å²) in [6.45, 7) is 5.69. The second kappa shape index (κ2) is 7.22. The highest BCUT2D eigenvalue weighted by Crippen LogP contribution is 2.36. The van der Waals surface area contributed by atoms with Gasteiger partial charge in [-0.15, -0.1) is 0 Å². The standard InChI is InChI=1S/C15H23BrN2O2S/c1-3-5-12-9-14(12)18-21(19,20)15-8-11(10-17-4-2)6-7-13(15)16/h6-8,12,14,17-18H,3-5,9-10H2,1-2H3. The lowest BCUT2D eigenvalue weighted by Gasteiger charge is -2.11. The van der Waals surface area contributed by atoms with Gasteiger partial charge in [-0.1, -0.05) is 26.3 Å². The molecule has 1 saturated carbocycles. The Morgan fingerprint density at radius 3 is 2.76 bits per heavy atom. The van der Waals surface area contributed by atoms with E-state index in [0.717, 1.165) is 31.4 Å². The fourth-order valence-corrected chi connectivity index (χ4v) is 4.81. The second-order valence-corrected chi connectivity index (χ2v) is 8.09. The average Bonchev–Trinajstić information content (AvgIpc) is 3.15. The zero-order valence-electron chi connectivity index (χ0n) is 12.5. The van der Waals surface area contributed by atoms with Gasteiger partial charge >= 0.3 is 0 Å². The molecule has 1 aliphatic rings. The Kier molecular flexibility index (Phi) is 5.82. The maximum atomic E-state index is 12.5. The van der Waals surface area contributed by atoms with Crippen LogP contribution in [-0.4, -0.2) is 21.0 Å². The summed E-state index contributed by atoms with van der Waals surface area (Å²) in [7, 11) is -3.45. The Morgan fingerprint density at radius 2 is 2.10 bits per heavy atom. The number of benzene rings is 1. The van der Waals surface area contributed by atoms with Gasteiger partial charge in [-0.3, -0.25) is 0 Å². The summed E-state index contributed by atoms with van der Waals surface area (Å²) in [6, 6.07) is 5.59. The third-order valence-corrected chi connectivity index (χ3v) is 6.24. The number of sulfonamides is 1. The van der Waals surface area contributed by atoms with Crippen molar-refractivity contribution in [1.29, 1.82) is 0 Å². The van der Waals surface area contributed by atoms with Crippen LogP contribution in [0.4, 0.5) is 0 Å². The molecule has 0 heterocycles. The molecule has 1 aromatic carbocycles. The molecule has 2 N–H and O–H groups in total. The number of hydrogen-bond acceptors (Lipinski definition) is 3. The SMILES string of the molecule is CCCC1CC1NS(=O)(=O)c1cc(CNCC)ccc1Br. The van der Waals surface area contributed by atoms with Gasteiger partial charge in [0.1, 0.15) is 0 Å². The molecule has 0 bridgehead atoms. The van der Waals surface area contributed by atoms with Crippen molar-refractivity contribution in [2.24, 2.45) is 5.92 Å². The molecule has 118 valence electrons. The molecule has 1 aliphatic carbocycles. The van der Waals surface area contributed by atoms with E-state index >= 15 is 0 Å². The van der Waals surface area contributed by atoms with E-state index in [1.807, 2.05) is 13.0 Å². The first-order valence-electron chi connectivity index (χ1n) is 7.49. The third-order valence-electron chi connectivity index (χ3n) is 3.75. The van der Waals surface area contributed by atoms with E-state index in [1.165, 1.54) is 0 Å². The summed E-state index contributed by atoms with van der Waals surface area (Å²) in [5, 5.41) is 3.21. The lowest BCUT2D eigenvalue weighted by Crippen LogP contribution is -2.27. The van der Waals surface area contributed by atoms with E-state index in [0.29, 0.717) is 21.8 Å². The van der Waals surface area contributed by atoms with Crippen LogP contribution < -0.4 is 10.0 Å². The van der Waals surface area contributed by atoms with Gasteiger partial charge in [0.05, 0.1) is 4.90 Å². The van der Waals surface area contributed by atoms with Crippen LogP contribution in [0.2, 0.25) is 0 Å². The van der Waals surface area contributed by atoms with Crippen molar-refractivity contribution in [2.75, 3.05) is 6.54 Å². The molecule has 2 unspecified atom stereocenters. The zero-order valence-corrected chi connectivity index (χ0v) is 14.9. The molecule has 2 atom stereocenters. The molecule has 6 heteroatoms. The number of hydrogen-bond donors (Lipinski definition) is 2. The summed E-state index contributed by atoms with van der Waals surface area (Å²) >= 11 is 3.35. The Balaban J connectivity index is 2.12. The van der Waals surface area contributed by atoms with Gasteiger partial charge in [0.2, 0.25) is 10.0 Å². The van der Waals surface area contributed by atoms with Gasteiger partial charge in [0.15, 0.2) is 0 Å². The van der Waals surface area contributed by atoms with E-state index in [1.54, 1.807) is 12.1 Å². The minimum absolute atomic E-state index is 0.110. The number of nitrogens with one attached hydrogen (secondary N) is 2. The monoisotopic (exact) mass is 374 g/mol. The fraction of sp³-hybridized carbons (Fsp3) is 0.600. The Morgan fingerprint density at radius 1 is 1.33 bits per heavy atom. The zero-order chi connectivity index (χ0) is 15.5. The molecular formula is C15H23BrN2O2S. The van der Waals surface area contributed by atoms with Gasteiger partial charge in [-0.25, -0.2) is 13.1 Å². The minimum Gasteiger partial charge on any atom is -0.313 e. The molecule has 0 amide bonds. The number of rotatable bonds is 8. The molecule has 21 heavy (non-hydrogen) atoms. The van der Waals surface area contributed by atoms with Crippen LogP contribution in [0.25, 0.3) is 0 Å². The fourth-order valence-electron chi connectivity index (χ4n) is 2.48. The summed E-state index contributed by atoms with van der Waals surface area (Å²) in [5.41, 5.74) is 0.973. The van der Waals surface area contributed by atoms with Gasteiger partial charge in [0, 0.05) is 17.1 Å². The van der Waals surface area contributed by atoms with Crippen LogP contribution in [0.1, 0.15) is 38.7 Å². The number of halogens is 1. The van der Waals surface area contributed by atoms with E-state index in [9.17, 15) is 8.42 Å². The van der Waals surface area contributed by atoms with Crippen molar-refractivity contribution in [3.63, 3.8) is 0 Å². The summed E-state index contributed by atoms with van der Waals surface area (Å²) in [4.78, 5) is 0.333. The van der Waals surface area contributed by atoms with Crippen LogP contribution in [-0.2, 0) is 16.6 Å². The summed E-state index contributed by atoms with van der Waals surface area (Å²) in [6.07, 6.45) is 3.15. The molecule has 0 saturated heterocycles. The minimum atomic E-state index is -3.45. The van der Waals surface area contributed by atoms with Crippen molar-refractivity contribution in [3.8, 4) is 0 Å². The molecule has 2 rings (SSSR count). The van der Waals surface area contributed by atoms with Gasteiger partial charge in [0.25, 0.3) is 0 Å². The second-order valence-electron chi connectivity index (χ2n) is 5.56. The maximum Gasteiger partial charge on any atom is 0.241 e. The predicted octanol–water partition coefficient (Wildman–Crippen LogP) is 3.03. The highest BCUT2D eigenvalue weighted by atomic mass is 79.9. The molecule has 0 aromatic heterocycles. The van der Waals surface area contributed by atoms with Gasteiger partial charge in [-0.2, -0.15) is 0 Å². The topological polar surface area (TPSA) is 58.2 Å². The first kappa shape index (κ1) is 16.9. The Bertz CT molecular complexity index is 589. The smallest absolute Gasteiger partial charge is 0.241 e. The van der Waals surface area contributed by atoms with Gasteiger partial charge in [-0.05, 0) is 58.9 Å². The largest absolute Gasteiger partial charge is 0.313 e. The van der Waals surface area contributed by atoms with Crippen LogP contribution in [0.15, 0.2) is 27.6 Å². The lowest BCUT2D eigenvalue weighted by molar-refractivity contribution is 0.572. The highest BCUT2D eigenvalue weighted by Gasteiger charge is 2.39. The lowest BCUT2D eigenvalue weighted by atomic mass is 10.2. The first-order valence-corrected chi connectivity index (χ1v) is 9.77. The predicted molar refractivity (Wildman–Crippen MR) is 88.6 cm³/mol. The molecule has 4 nitrogen and oxygen atoms in total. The Hall–Kier alpha value is -0.430.